The number of amides is 1. The zero-order valence-corrected chi connectivity index (χ0v) is 60.2. The zero-order valence-electron chi connectivity index (χ0n) is 60.2. The van der Waals surface area contributed by atoms with Crippen LogP contribution in [-0.4, -0.2) is 334 Å². The number of allylic oxidation sites excluding steroid dienone is 1. The van der Waals surface area contributed by atoms with Crippen molar-refractivity contribution in [3.63, 3.8) is 0 Å². The largest absolute Gasteiger partial charge is 0.394 e. The summed E-state index contributed by atoms with van der Waals surface area (Å²) in [6, 6.07) is -2.80. The first-order valence-electron chi connectivity index (χ1n) is 37.9. The van der Waals surface area contributed by atoms with E-state index in [1.807, 2.05) is 6.08 Å². The maximum Gasteiger partial charge on any atom is 0.220 e. The van der Waals surface area contributed by atoms with Crippen molar-refractivity contribution in [3.8, 4) is 0 Å². The van der Waals surface area contributed by atoms with Crippen molar-refractivity contribution >= 4 is 5.91 Å². The molecule has 1 amide bonds. The Balaban J connectivity index is 1.06. The van der Waals surface area contributed by atoms with Gasteiger partial charge in [0.25, 0.3) is 0 Å². The van der Waals surface area contributed by atoms with Crippen molar-refractivity contribution in [1.29, 1.82) is 0 Å². The van der Waals surface area contributed by atoms with E-state index in [4.69, 9.17) is 62.6 Å². The van der Waals surface area contributed by atoms with Crippen LogP contribution in [0.4, 0.5) is 0 Å². The number of unbranched alkanes of at least 4 members (excludes halogenated alkanes) is 23. The summed E-state index contributed by atoms with van der Waals surface area (Å²) < 4.78 is 70.1. The monoisotopic (exact) mass is 1490 g/mol. The van der Waals surface area contributed by atoms with Gasteiger partial charge in [-0.25, -0.2) is 0 Å². The van der Waals surface area contributed by atoms with Crippen molar-refractivity contribution in [2.75, 3.05) is 39.6 Å². The fourth-order valence-electron chi connectivity index (χ4n) is 13.9. The topological polar surface area (TPSA) is 530 Å². The van der Waals surface area contributed by atoms with E-state index in [0.29, 0.717) is 12.8 Å². The molecule has 6 rings (SSSR count). The molecular weight excluding hydrogens is 1360 g/mol. The third-order valence-electron chi connectivity index (χ3n) is 20.5. The summed E-state index contributed by atoms with van der Waals surface area (Å²) in [6.45, 7) is 0.521. The number of ether oxygens (including phenoxy) is 12. The fourth-order valence-corrected chi connectivity index (χ4v) is 13.9. The third-order valence-corrected chi connectivity index (χ3v) is 20.5. The predicted octanol–water partition coefficient (Wildman–Crippen LogP) is -2.50. The number of carbonyl (C=O) groups is 1. The van der Waals surface area contributed by atoms with Gasteiger partial charge in [0.1, 0.15) is 134 Å². The van der Waals surface area contributed by atoms with Crippen LogP contribution < -0.4 is 11.1 Å². The molecule has 604 valence electrons. The van der Waals surface area contributed by atoms with Gasteiger partial charge in [-0.3, -0.25) is 4.79 Å². The van der Waals surface area contributed by atoms with E-state index in [1.54, 1.807) is 6.08 Å². The first-order chi connectivity index (χ1) is 49.5. The van der Waals surface area contributed by atoms with E-state index < -0.39 is 236 Å². The molecule has 33 nitrogen and oxygen atoms in total. The number of aliphatic hydroxyl groups excluding tert-OH is 18. The molecule has 32 atom stereocenters. The van der Waals surface area contributed by atoms with Gasteiger partial charge in [-0.1, -0.05) is 167 Å². The Bertz CT molecular complexity index is 2300. The second kappa shape index (κ2) is 47.2. The molecule has 0 aromatic rings. The van der Waals surface area contributed by atoms with Crippen LogP contribution in [0.2, 0.25) is 0 Å². The van der Waals surface area contributed by atoms with E-state index in [0.717, 1.165) is 51.4 Å². The van der Waals surface area contributed by atoms with Crippen LogP contribution >= 0.6 is 0 Å². The fraction of sp³-hybridized carbons (Fsp3) is 0.957. The Morgan fingerprint density at radius 1 is 0.388 bits per heavy atom. The summed E-state index contributed by atoms with van der Waals surface area (Å²) in [4.78, 5) is 13.4. The second-order valence-electron chi connectivity index (χ2n) is 28.5. The van der Waals surface area contributed by atoms with Crippen molar-refractivity contribution in [1.82, 2.24) is 5.32 Å². The van der Waals surface area contributed by atoms with Gasteiger partial charge in [-0.05, 0) is 26.2 Å². The lowest BCUT2D eigenvalue weighted by Gasteiger charge is -2.50. The maximum absolute atomic E-state index is 13.4. The molecule has 6 fully saturated rings. The molecule has 0 aromatic heterocycles. The average Bonchev–Trinajstić information content (AvgIpc) is 0.781. The average molecular weight is 1490 g/mol. The van der Waals surface area contributed by atoms with Crippen LogP contribution in [0.3, 0.4) is 0 Å². The van der Waals surface area contributed by atoms with E-state index in [-0.39, 0.29) is 12.3 Å². The van der Waals surface area contributed by atoms with Gasteiger partial charge in [0.2, 0.25) is 5.91 Å². The molecule has 103 heavy (non-hydrogen) atoms. The number of nitrogens with one attached hydrogen (secondary N) is 1. The van der Waals surface area contributed by atoms with Crippen molar-refractivity contribution in [2.24, 2.45) is 5.73 Å². The number of nitrogens with two attached hydrogens (primary N) is 1. The number of hydrogen-bond acceptors (Lipinski definition) is 32. The Kier molecular flexibility index (Phi) is 41.2. The maximum atomic E-state index is 13.4. The molecule has 21 N–H and O–H groups in total. The molecule has 6 aliphatic heterocycles. The molecule has 0 spiro atoms. The predicted molar refractivity (Wildman–Crippen MR) is 362 cm³/mol. The summed E-state index contributed by atoms with van der Waals surface area (Å²) in [6.07, 6.45) is -22.9. The van der Waals surface area contributed by atoms with Crippen LogP contribution in [0, 0.1) is 0 Å². The molecule has 0 saturated carbocycles. The van der Waals surface area contributed by atoms with Gasteiger partial charge < -0.3 is 160 Å². The molecule has 6 heterocycles. The number of hydrogen-bond donors (Lipinski definition) is 20. The summed E-state index contributed by atoms with van der Waals surface area (Å²) in [5.74, 6) is -0.328. The lowest BCUT2D eigenvalue weighted by atomic mass is 9.94. The van der Waals surface area contributed by atoms with Gasteiger partial charge in [-0.2, -0.15) is 0 Å². The Morgan fingerprint density at radius 2 is 0.757 bits per heavy atom. The highest BCUT2D eigenvalue weighted by Gasteiger charge is 2.58. The molecule has 6 aliphatic rings. The first kappa shape index (κ1) is 89.9. The smallest absolute Gasteiger partial charge is 0.220 e. The van der Waals surface area contributed by atoms with Crippen molar-refractivity contribution < 1.29 is 154 Å². The highest BCUT2D eigenvalue weighted by molar-refractivity contribution is 5.76. The summed E-state index contributed by atoms with van der Waals surface area (Å²) >= 11 is 0. The van der Waals surface area contributed by atoms with Gasteiger partial charge in [0.05, 0.1) is 63.9 Å². The van der Waals surface area contributed by atoms with Gasteiger partial charge in [-0.15, -0.1) is 0 Å². The minimum Gasteiger partial charge on any atom is -0.394 e. The molecule has 0 aliphatic carbocycles. The minimum atomic E-state index is -2.19. The van der Waals surface area contributed by atoms with Gasteiger partial charge >= 0.3 is 0 Å². The van der Waals surface area contributed by atoms with Crippen LogP contribution in [-0.2, 0) is 61.6 Å². The summed E-state index contributed by atoms with van der Waals surface area (Å²) in [5, 5.41) is 201. The van der Waals surface area contributed by atoms with E-state index in [9.17, 15) is 96.7 Å². The van der Waals surface area contributed by atoms with E-state index in [2.05, 4.69) is 19.2 Å². The Hall–Kier alpha value is -2.03. The normalized spacial score (nSPS) is 39.6. The lowest BCUT2D eigenvalue weighted by Crippen LogP contribution is -2.69. The summed E-state index contributed by atoms with van der Waals surface area (Å²) in [5.41, 5.74) is 6.59. The Morgan fingerprint density at radius 3 is 1.27 bits per heavy atom. The molecule has 6 saturated heterocycles. The van der Waals surface area contributed by atoms with Gasteiger partial charge in [0.15, 0.2) is 37.7 Å². The number of rotatable bonds is 47. The molecule has 0 aromatic carbocycles. The zero-order chi connectivity index (χ0) is 75.3. The van der Waals surface area contributed by atoms with Crippen molar-refractivity contribution in [2.45, 2.75) is 384 Å². The summed E-state index contributed by atoms with van der Waals surface area (Å²) in [7, 11) is 0. The second-order valence-corrected chi connectivity index (χ2v) is 28.5. The van der Waals surface area contributed by atoms with Gasteiger partial charge in [0, 0.05) is 6.42 Å². The van der Waals surface area contributed by atoms with Crippen LogP contribution in [0.1, 0.15) is 188 Å². The SMILES string of the molecule is CCCCCCCCCCCCC/C=C/C(O)C(CO[C@@H]1OC(CO)[C@H](O[C@@H]2OC(CO)[C@H](O[C@@H]3OC(CO)[C@H](O)C(O[C@@H]4OC(CO)[C@H](O)C(O[C@@H]5OC(CO)[C@H](O)C(O)C5O[C@@H]5OC(C)[C@H](O)C(O)C5O)C4N)C3O)C(O)C2O)C(O)C1O)NC(=O)CCCCCCCCCCCCCCC. The lowest BCUT2D eigenvalue weighted by molar-refractivity contribution is -0.392. The third kappa shape index (κ3) is 26.3. The molecule has 0 bridgehead atoms. The van der Waals surface area contributed by atoms with Crippen LogP contribution in [0.15, 0.2) is 12.2 Å². The highest BCUT2D eigenvalue weighted by atomic mass is 16.8. The quantitative estimate of drug-likeness (QED) is 0.0221. The van der Waals surface area contributed by atoms with Crippen LogP contribution in [0.5, 0.6) is 0 Å². The molecule has 33 heteroatoms. The molecule has 0 radical (unpaired) electrons. The van der Waals surface area contributed by atoms with E-state index >= 15 is 0 Å². The Labute approximate surface area is 604 Å². The number of aliphatic hydroxyl groups is 18. The standard InChI is InChI=1S/C70H128N2O31/c1-4-6-8-10-12-14-16-18-20-22-24-26-28-30-40(78)39(72-46(79)31-29-27-25-23-21-19-17-15-13-11-9-7-5-2)37-92-66-57(89)54(86)60(44(35-76)97-66)99-68-58(90)55(87)61(45(36-77)98-68)100-69-59(91)63(51(83)43(34-75)95-69)102-65-47(71)62(50(82)42(33-74)94-65)101-70-64(53(85)49(81)41(32-73)96-70)103-67-56(88)52(84)48(80)38(3)93-67/h28,30,38-45,47-70,73-78,80-91H,4-27,29,31-37,71H2,1-3H3,(H,72,79)/b30-28+/t38?,39?,40?,41?,42?,43?,44?,45?,47?,48-,49-,50-,51-,52?,53?,54?,55?,56?,57?,58?,59?,60-,61-,62?,63?,64?,65-,66+,67-,68-,69-,70-/m0/s1. The molecule has 20 unspecified atom stereocenters. The minimum absolute atomic E-state index is 0.192. The van der Waals surface area contributed by atoms with Crippen LogP contribution in [0.25, 0.3) is 0 Å². The van der Waals surface area contributed by atoms with E-state index in [1.165, 1.54) is 103 Å². The highest BCUT2D eigenvalue weighted by Crippen LogP contribution is 2.37. The first-order valence-corrected chi connectivity index (χ1v) is 37.9. The van der Waals surface area contributed by atoms with Crippen molar-refractivity contribution in [3.05, 3.63) is 12.2 Å². The molecular formula is C70H128N2O31. The number of carbonyl (C=O) groups excluding carboxylic acids is 1.